The summed E-state index contributed by atoms with van der Waals surface area (Å²) in [6.07, 6.45) is 42.5. The van der Waals surface area contributed by atoms with Crippen LogP contribution in [0.5, 0.6) is 0 Å². The van der Waals surface area contributed by atoms with E-state index in [0.717, 1.165) is 70.6 Å². The van der Waals surface area contributed by atoms with Crippen molar-refractivity contribution in [1.29, 1.82) is 0 Å². The lowest BCUT2D eigenvalue weighted by molar-refractivity contribution is -0.359. The number of ether oxygens (including phenoxy) is 4. The predicted octanol–water partition coefficient (Wildman–Crippen LogP) is 10.2. The van der Waals surface area contributed by atoms with Crippen molar-refractivity contribution in [3.8, 4) is 0 Å². The van der Waals surface area contributed by atoms with E-state index in [0.29, 0.717) is 6.42 Å². The molecule has 14 heteroatoms. The number of carbonyl (C=O) groups is 1. The Morgan fingerprint density at radius 3 is 1.41 bits per heavy atom. The van der Waals surface area contributed by atoms with Crippen LogP contribution in [0, 0.1) is 0 Å². The van der Waals surface area contributed by atoms with Gasteiger partial charge in [0.15, 0.2) is 12.6 Å². The number of amides is 1. The van der Waals surface area contributed by atoms with Crippen LogP contribution in [-0.2, 0) is 23.7 Å². The second-order valence-corrected chi connectivity index (χ2v) is 21.1. The lowest BCUT2D eigenvalue weighted by atomic mass is 9.97. The van der Waals surface area contributed by atoms with Crippen LogP contribution in [-0.4, -0.2) is 140 Å². The van der Waals surface area contributed by atoms with Crippen molar-refractivity contribution in [2.45, 2.75) is 299 Å². The van der Waals surface area contributed by atoms with Gasteiger partial charge in [-0.25, -0.2) is 0 Å². The molecule has 12 atom stereocenters. The number of carbonyl (C=O) groups excluding carboxylic acids is 1. The third kappa shape index (κ3) is 32.4. The van der Waals surface area contributed by atoms with E-state index in [1.807, 2.05) is 6.08 Å². The van der Waals surface area contributed by atoms with Crippen LogP contribution < -0.4 is 5.32 Å². The zero-order chi connectivity index (χ0) is 54.6. The van der Waals surface area contributed by atoms with Crippen molar-refractivity contribution in [3.05, 3.63) is 60.8 Å². The van der Waals surface area contributed by atoms with Gasteiger partial charge in [0, 0.05) is 6.42 Å². The van der Waals surface area contributed by atoms with Gasteiger partial charge in [-0.3, -0.25) is 4.79 Å². The van der Waals surface area contributed by atoms with Gasteiger partial charge in [-0.15, -0.1) is 0 Å². The van der Waals surface area contributed by atoms with Gasteiger partial charge in [-0.2, -0.15) is 0 Å². The van der Waals surface area contributed by atoms with E-state index < -0.39 is 86.8 Å². The summed E-state index contributed by atoms with van der Waals surface area (Å²) in [5.41, 5.74) is 0. The molecule has 2 fully saturated rings. The predicted molar refractivity (Wildman–Crippen MR) is 300 cm³/mol. The van der Waals surface area contributed by atoms with Gasteiger partial charge in [0.2, 0.25) is 5.91 Å². The second kappa shape index (κ2) is 46.6. The first-order valence-corrected chi connectivity index (χ1v) is 30.0. The molecular weight excluding hydrogens is 955 g/mol. The molecule has 0 spiro atoms. The number of hydrogen-bond donors (Lipinski definition) is 9. The smallest absolute Gasteiger partial charge is 0.220 e. The third-order valence-electron chi connectivity index (χ3n) is 14.5. The number of rotatable bonds is 47. The number of hydrogen-bond acceptors (Lipinski definition) is 13. The Balaban J connectivity index is 1.74. The quantitative estimate of drug-likeness (QED) is 0.0204. The minimum atomic E-state index is -1.79. The normalized spacial score (nSPS) is 25.5. The summed E-state index contributed by atoms with van der Waals surface area (Å²) >= 11 is 0. The van der Waals surface area contributed by atoms with Gasteiger partial charge >= 0.3 is 0 Å². The maximum absolute atomic E-state index is 13.3. The molecule has 75 heavy (non-hydrogen) atoms. The molecule has 9 N–H and O–H groups in total. The molecule has 0 bridgehead atoms. The molecule has 0 saturated carbocycles. The molecule has 0 radical (unpaired) electrons. The van der Waals surface area contributed by atoms with Crippen LogP contribution in [0.3, 0.4) is 0 Å². The van der Waals surface area contributed by atoms with Crippen molar-refractivity contribution in [1.82, 2.24) is 5.32 Å². The number of unbranched alkanes of at least 4 members (excludes halogenated alkanes) is 26. The molecule has 0 aromatic carbocycles. The summed E-state index contributed by atoms with van der Waals surface area (Å²) in [7, 11) is 0. The van der Waals surface area contributed by atoms with Gasteiger partial charge in [-0.1, -0.05) is 222 Å². The highest BCUT2D eigenvalue weighted by Crippen LogP contribution is 2.30. The maximum atomic E-state index is 13.3. The average molecular weight is 1060 g/mol. The topological polar surface area (TPSA) is 228 Å². The van der Waals surface area contributed by atoms with Crippen molar-refractivity contribution in [3.63, 3.8) is 0 Å². The summed E-state index contributed by atoms with van der Waals surface area (Å²) in [6.45, 7) is 2.69. The van der Waals surface area contributed by atoms with Gasteiger partial charge in [0.1, 0.15) is 48.8 Å². The van der Waals surface area contributed by atoms with E-state index >= 15 is 0 Å². The largest absolute Gasteiger partial charge is 0.394 e. The zero-order valence-corrected chi connectivity index (χ0v) is 46.8. The average Bonchev–Trinajstić information content (AvgIpc) is 3.41. The lowest BCUT2D eigenvalue weighted by Gasteiger charge is -2.46. The van der Waals surface area contributed by atoms with Crippen LogP contribution in [0.1, 0.15) is 226 Å². The molecule has 2 rings (SSSR count). The fourth-order valence-corrected chi connectivity index (χ4v) is 9.64. The van der Waals surface area contributed by atoms with Crippen molar-refractivity contribution < 1.29 is 64.6 Å². The highest BCUT2D eigenvalue weighted by Gasteiger charge is 2.51. The van der Waals surface area contributed by atoms with Crippen LogP contribution in [0.4, 0.5) is 0 Å². The highest BCUT2D eigenvalue weighted by atomic mass is 16.7. The van der Waals surface area contributed by atoms with E-state index in [-0.39, 0.29) is 18.9 Å². The fraction of sp³-hybridized carbons (Fsp3) is 0.820. The van der Waals surface area contributed by atoms with Gasteiger partial charge in [0.25, 0.3) is 0 Å². The molecule has 0 aliphatic carbocycles. The Kier molecular flexibility index (Phi) is 42.7. The second-order valence-electron chi connectivity index (χ2n) is 21.1. The molecule has 12 unspecified atom stereocenters. The van der Waals surface area contributed by atoms with E-state index in [1.54, 1.807) is 6.08 Å². The molecule has 1 amide bonds. The van der Waals surface area contributed by atoms with Gasteiger partial charge in [0.05, 0.1) is 32.0 Å². The van der Waals surface area contributed by atoms with E-state index in [4.69, 9.17) is 18.9 Å². The zero-order valence-electron chi connectivity index (χ0n) is 46.8. The molecule has 436 valence electrons. The first-order valence-electron chi connectivity index (χ1n) is 30.0. The Morgan fingerprint density at radius 2 is 0.920 bits per heavy atom. The highest BCUT2D eigenvalue weighted by molar-refractivity contribution is 5.76. The van der Waals surface area contributed by atoms with Gasteiger partial charge in [-0.05, 0) is 57.8 Å². The molecule has 0 aromatic heterocycles. The summed E-state index contributed by atoms with van der Waals surface area (Å²) in [4.78, 5) is 13.3. The minimum absolute atomic E-state index is 0.243. The first-order chi connectivity index (χ1) is 36.6. The molecule has 2 aliphatic rings. The van der Waals surface area contributed by atoms with Crippen LogP contribution in [0.15, 0.2) is 60.8 Å². The Bertz CT molecular complexity index is 1490. The van der Waals surface area contributed by atoms with Crippen LogP contribution in [0.2, 0.25) is 0 Å². The maximum Gasteiger partial charge on any atom is 0.220 e. The van der Waals surface area contributed by atoms with E-state index in [9.17, 15) is 45.6 Å². The molecule has 2 aliphatic heterocycles. The monoisotopic (exact) mass is 1060 g/mol. The standard InChI is InChI=1S/C61H109NO13/c1-3-5-7-9-11-13-15-17-19-21-22-23-24-25-26-27-28-29-31-33-35-37-39-41-43-45-53(66)62-49(50(65)44-42-40-38-36-34-32-30-20-18-16-14-12-10-8-6-4-2)48-72-60-58(71)56(69)59(52(47-64)74-60)75-61-57(70)55(68)54(67)51(46-63)73-61/h5,7,11,13,17,19,22-23,42,44,49-52,54-61,63-65,67-71H,3-4,6,8-10,12,14-16,18,20-21,24-41,43,45-48H2,1-2H3,(H,62,66)/b7-5-,13-11-,19-17-,23-22-,44-42+. The van der Waals surface area contributed by atoms with Crippen molar-refractivity contribution >= 4 is 5.91 Å². The van der Waals surface area contributed by atoms with Crippen molar-refractivity contribution in [2.24, 2.45) is 0 Å². The SMILES string of the molecule is CC/C=C\C/C=C\C/C=C\C/C=C\CCCCCCCCCCCCCCC(=O)NC(COC1OC(CO)C(OC2OC(CO)C(O)C(O)C2O)C(O)C1O)C(O)/C=C/CCCCCCCCCCCCCCCC. The molecule has 2 saturated heterocycles. The Morgan fingerprint density at radius 1 is 0.493 bits per heavy atom. The van der Waals surface area contributed by atoms with Crippen molar-refractivity contribution in [2.75, 3.05) is 19.8 Å². The van der Waals surface area contributed by atoms with Gasteiger partial charge < -0.3 is 65.1 Å². The minimum Gasteiger partial charge on any atom is -0.394 e. The number of aliphatic hydroxyl groups is 8. The summed E-state index contributed by atoms with van der Waals surface area (Å²) in [5.74, 6) is -0.243. The fourth-order valence-electron chi connectivity index (χ4n) is 9.64. The lowest BCUT2D eigenvalue weighted by Crippen LogP contribution is -2.65. The number of nitrogens with one attached hydrogen (secondary N) is 1. The summed E-state index contributed by atoms with van der Waals surface area (Å²) < 4.78 is 22.8. The van der Waals surface area contributed by atoms with E-state index in [1.165, 1.54) is 128 Å². The summed E-state index contributed by atoms with van der Waals surface area (Å²) in [6, 6.07) is -0.917. The third-order valence-corrected chi connectivity index (χ3v) is 14.5. The van der Waals surface area contributed by atoms with Crippen LogP contribution in [0.25, 0.3) is 0 Å². The molecule has 0 aromatic rings. The Labute approximate surface area is 454 Å². The number of aliphatic hydroxyl groups excluding tert-OH is 8. The first kappa shape index (κ1) is 68.8. The molecule has 14 nitrogen and oxygen atoms in total. The molecular formula is C61H109NO13. The van der Waals surface area contributed by atoms with Crippen LogP contribution >= 0.6 is 0 Å². The Hall–Kier alpha value is -2.31. The number of allylic oxidation sites excluding steroid dienone is 9. The van der Waals surface area contributed by atoms with E-state index in [2.05, 4.69) is 67.8 Å². The summed E-state index contributed by atoms with van der Waals surface area (Å²) in [5, 5.41) is 87.1. The molecule has 2 heterocycles.